The maximum Gasteiger partial charge on any atom is 0.303 e. The van der Waals surface area contributed by atoms with Gasteiger partial charge in [-0.05, 0) is 73.9 Å². The Morgan fingerprint density at radius 1 is 0.949 bits per heavy atom. The maximum absolute atomic E-state index is 13.3. The van der Waals surface area contributed by atoms with E-state index in [1.807, 2.05) is 44.2 Å². The molecule has 0 aliphatic rings. The van der Waals surface area contributed by atoms with E-state index in [2.05, 4.69) is 15.6 Å². The minimum absolute atomic E-state index is 0.0562. The lowest BCUT2D eigenvalue weighted by atomic mass is 9.95. The van der Waals surface area contributed by atoms with Crippen LogP contribution in [0.3, 0.4) is 0 Å². The third-order valence-corrected chi connectivity index (χ3v) is 6.49. The predicted molar refractivity (Wildman–Crippen MR) is 151 cm³/mol. The van der Waals surface area contributed by atoms with Crippen molar-refractivity contribution in [2.75, 3.05) is 6.54 Å². The van der Waals surface area contributed by atoms with Crippen molar-refractivity contribution < 1.29 is 24.6 Å². The van der Waals surface area contributed by atoms with Gasteiger partial charge >= 0.3 is 5.97 Å². The summed E-state index contributed by atoms with van der Waals surface area (Å²) < 4.78 is 0. The zero-order chi connectivity index (χ0) is 28.8. The van der Waals surface area contributed by atoms with Crippen LogP contribution in [-0.2, 0) is 27.2 Å². The van der Waals surface area contributed by atoms with Crippen molar-refractivity contribution in [2.24, 2.45) is 16.5 Å². The standard InChI is InChI=1S/C29H41N5O5/c1-19-16-22(35)17-20(2)23(19)18-25(34-29(30)31)28(39)33-24(13-7-4-8-14-26(36)37)27(38)32-15-9-12-21-10-5-3-6-11-21/h3,5-6,10-11,16-17,24-25,35H,4,7-9,12-15,18H2,1-2H3,(H,32,38)(H,33,39)(H,36,37)(H4,30,31,34). The van der Waals surface area contributed by atoms with Gasteiger partial charge in [0.05, 0.1) is 0 Å². The molecule has 10 heteroatoms. The second kappa shape index (κ2) is 16.0. The average Bonchev–Trinajstić information content (AvgIpc) is 2.87. The highest BCUT2D eigenvalue weighted by molar-refractivity contribution is 5.91. The molecule has 0 aliphatic heterocycles. The van der Waals surface area contributed by atoms with Crippen LogP contribution < -0.4 is 22.1 Å². The molecule has 0 bridgehead atoms. The minimum Gasteiger partial charge on any atom is -0.508 e. The highest BCUT2D eigenvalue weighted by atomic mass is 16.4. The van der Waals surface area contributed by atoms with Crippen molar-refractivity contribution in [3.8, 4) is 5.75 Å². The smallest absolute Gasteiger partial charge is 0.303 e. The Morgan fingerprint density at radius 3 is 2.23 bits per heavy atom. The molecule has 39 heavy (non-hydrogen) atoms. The Kier molecular flexibility index (Phi) is 12.8. The molecule has 2 aromatic carbocycles. The van der Waals surface area contributed by atoms with Crippen molar-refractivity contribution in [1.29, 1.82) is 0 Å². The number of carbonyl (C=O) groups is 3. The van der Waals surface area contributed by atoms with Crippen molar-refractivity contribution in [3.05, 3.63) is 64.7 Å². The number of carbonyl (C=O) groups excluding carboxylic acids is 2. The van der Waals surface area contributed by atoms with Crippen molar-refractivity contribution in [3.63, 3.8) is 0 Å². The van der Waals surface area contributed by atoms with Gasteiger partial charge in [-0.2, -0.15) is 0 Å². The second-order valence-corrected chi connectivity index (χ2v) is 9.77. The molecular weight excluding hydrogens is 498 g/mol. The summed E-state index contributed by atoms with van der Waals surface area (Å²) >= 11 is 0. The average molecular weight is 540 g/mol. The first-order chi connectivity index (χ1) is 18.6. The third-order valence-electron chi connectivity index (χ3n) is 6.49. The fraction of sp³-hybridized carbons (Fsp3) is 0.448. The van der Waals surface area contributed by atoms with Crippen LogP contribution in [0.2, 0.25) is 0 Å². The van der Waals surface area contributed by atoms with Crippen LogP contribution in [0.15, 0.2) is 47.5 Å². The van der Waals surface area contributed by atoms with E-state index in [9.17, 15) is 19.5 Å². The van der Waals surface area contributed by atoms with Crippen molar-refractivity contribution in [2.45, 2.75) is 77.3 Å². The van der Waals surface area contributed by atoms with Gasteiger partial charge in [-0.3, -0.25) is 14.4 Å². The zero-order valence-corrected chi connectivity index (χ0v) is 22.8. The fourth-order valence-electron chi connectivity index (χ4n) is 4.47. The van der Waals surface area contributed by atoms with Crippen LogP contribution in [0.25, 0.3) is 0 Å². The predicted octanol–water partition coefficient (Wildman–Crippen LogP) is 2.46. The number of carboxylic acid groups (broad SMARTS) is 1. The van der Waals surface area contributed by atoms with E-state index in [0.717, 1.165) is 29.5 Å². The molecular formula is C29H41N5O5. The summed E-state index contributed by atoms with van der Waals surface area (Å²) in [5.41, 5.74) is 14.8. The Balaban J connectivity index is 2.09. The monoisotopic (exact) mass is 539 g/mol. The quantitative estimate of drug-likeness (QED) is 0.108. The summed E-state index contributed by atoms with van der Waals surface area (Å²) in [6.07, 6.45) is 3.82. The van der Waals surface area contributed by atoms with Crippen LogP contribution in [0.5, 0.6) is 5.75 Å². The number of nitrogens with zero attached hydrogens (tertiary/aromatic N) is 1. The molecule has 10 nitrogen and oxygen atoms in total. The number of rotatable bonds is 16. The first-order valence-electron chi connectivity index (χ1n) is 13.3. The van der Waals surface area contributed by atoms with Crippen LogP contribution in [0.4, 0.5) is 0 Å². The molecule has 2 aromatic rings. The molecule has 2 amide bonds. The molecule has 0 radical (unpaired) electrons. The molecule has 212 valence electrons. The lowest BCUT2D eigenvalue weighted by Gasteiger charge is -2.22. The Hall–Kier alpha value is -4.08. The highest BCUT2D eigenvalue weighted by Gasteiger charge is 2.26. The number of hydrogen-bond acceptors (Lipinski definition) is 5. The Labute approximate surface area is 229 Å². The van der Waals surface area contributed by atoms with Gasteiger partial charge in [-0.25, -0.2) is 4.99 Å². The van der Waals surface area contributed by atoms with Gasteiger partial charge in [0.25, 0.3) is 0 Å². The number of amides is 2. The number of phenolic OH excluding ortho intramolecular Hbond substituents is 1. The van der Waals surface area contributed by atoms with E-state index >= 15 is 0 Å². The first-order valence-corrected chi connectivity index (χ1v) is 13.3. The molecule has 0 heterocycles. The third kappa shape index (κ3) is 11.5. The summed E-state index contributed by atoms with van der Waals surface area (Å²) in [4.78, 5) is 41.4. The van der Waals surface area contributed by atoms with Gasteiger partial charge in [-0.1, -0.05) is 43.2 Å². The molecule has 2 atom stereocenters. The summed E-state index contributed by atoms with van der Waals surface area (Å²) in [6.45, 7) is 4.10. The zero-order valence-electron chi connectivity index (χ0n) is 22.8. The van der Waals surface area contributed by atoms with Crippen molar-refractivity contribution in [1.82, 2.24) is 10.6 Å². The van der Waals surface area contributed by atoms with Gasteiger partial charge in [0.15, 0.2) is 5.96 Å². The number of aromatic hydroxyl groups is 1. The topological polar surface area (TPSA) is 180 Å². The molecule has 0 spiro atoms. The number of aryl methyl sites for hydroxylation is 3. The summed E-state index contributed by atoms with van der Waals surface area (Å²) in [7, 11) is 0. The molecule has 0 aromatic heterocycles. The normalized spacial score (nSPS) is 12.3. The number of nitrogens with one attached hydrogen (secondary N) is 2. The molecule has 2 rings (SSSR count). The van der Waals surface area contributed by atoms with Gasteiger partial charge in [0.2, 0.25) is 11.8 Å². The van der Waals surface area contributed by atoms with E-state index in [1.54, 1.807) is 12.1 Å². The number of guanidine groups is 1. The van der Waals surface area contributed by atoms with E-state index in [1.165, 1.54) is 5.56 Å². The Morgan fingerprint density at radius 2 is 1.62 bits per heavy atom. The summed E-state index contributed by atoms with van der Waals surface area (Å²) in [5.74, 6) is -1.79. The summed E-state index contributed by atoms with van der Waals surface area (Å²) in [5, 5.41) is 24.5. The number of hydrogen-bond donors (Lipinski definition) is 6. The number of unbranched alkanes of at least 4 members (excludes halogenated alkanes) is 2. The lowest BCUT2D eigenvalue weighted by Crippen LogP contribution is -2.50. The highest BCUT2D eigenvalue weighted by Crippen LogP contribution is 2.23. The van der Waals surface area contributed by atoms with E-state index in [-0.39, 0.29) is 30.5 Å². The van der Waals surface area contributed by atoms with E-state index in [4.69, 9.17) is 16.6 Å². The number of aliphatic imine (C=N–C) groups is 1. The van der Waals surface area contributed by atoms with Crippen molar-refractivity contribution >= 4 is 23.7 Å². The van der Waals surface area contributed by atoms with Gasteiger partial charge in [-0.15, -0.1) is 0 Å². The van der Waals surface area contributed by atoms with Gasteiger partial charge < -0.3 is 32.3 Å². The van der Waals surface area contributed by atoms with Gasteiger partial charge in [0.1, 0.15) is 17.8 Å². The molecule has 8 N–H and O–H groups in total. The minimum atomic E-state index is -0.975. The lowest BCUT2D eigenvalue weighted by molar-refractivity contribution is -0.137. The van der Waals surface area contributed by atoms with E-state index < -0.39 is 24.0 Å². The van der Waals surface area contributed by atoms with E-state index in [0.29, 0.717) is 32.2 Å². The van der Waals surface area contributed by atoms with Crippen LogP contribution >= 0.6 is 0 Å². The number of aliphatic carboxylic acids is 1. The maximum atomic E-state index is 13.3. The molecule has 0 fully saturated rings. The number of phenols is 1. The fourth-order valence-corrected chi connectivity index (χ4v) is 4.47. The number of benzene rings is 2. The van der Waals surface area contributed by atoms with Crippen LogP contribution in [0, 0.1) is 13.8 Å². The van der Waals surface area contributed by atoms with Gasteiger partial charge in [0, 0.05) is 19.4 Å². The SMILES string of the molecule is Cc1cc(O)cc(C)c1CC(N=C(N)N)C(=O)NC(CCCCCC(=O)O)C(=O)NCCCc1ccccc1. The van der Waals surface area contributed by atoms with Crippen LogP contribution in [0.1, 0.15) is 60.8 Å². The van der Waals surface area contributed by atoms with Crippen LogP contribution in [-0.4, -0.2) is 52.6 Å². The molecule has 2 unspecified atom stereocenters. The second-order valence-electron chi connectivity index (χ2n) is 9.77. The number of carboxylic acids is 1. The summed E-state index contributed by atoms with van der Waals surface area (Å²) in [6, 6.07) is 11.4. The molecule has 0 saturated carbocycles. The number of nitrogens with two attached hydrogens (primary N) is 2. The largest absolute Gasteiger partial charge is 0.508 e. The Bertz CT molecular complexity index is 1110. The molecule has 0 saturated heterocycles. The first kappa shape index (κ1) is 31.1. The molecule has 0 aliphatic carbocycles.